The monoisotopic (exact) mass is 541 g/mol. The molecule has 0 aromatic heterocycles. The van der Waals surface area contributed by atoms with E-state index >= 15 is 0 Å². The summed E-state index contributed by atoms with van der Waals surface area (Å²) in [5, 5.41) is 3.32. The Balaban J connectivity index is 1.78. The van der Waals surface area contributed by atoms with E-state index in [1.54, 1.807) is 12.1 Å². The highest BCUT2D eigenvalue weighted by molar-refractivity contribution is 5.89. The predicted octanol–water partition coefficient (Wildman–Crippen LogP) is 4.74. The molecule has 0 aliphatic rings. The maximum atomic E-state index is 12.1. The molecule has 0 radical (unpaired) electrons. The molecular formula is C29H51NO8. The van der Waals surface area contributed by atoms with Crippen molar-refractivity contribution >= 4 is 11.7 Å². The SMILES string of the molecule is CCCCCCOCCOCCOCCOCCOCCOCCOC(=O)c1ccc(NCCCC)cc1. The van der Waals surface area contributed by atoms with Gasteiger partial charge in [0.05, 0.1) is 78.2 Å². The van der Waals surface area contributed by atoms with E-state index in [9.17, 15) is 4.79 Å². The Morgan fingerprint density at radius 1 is 0.553 bits per heavy atom. The first-order valence-electron chi connectivity index (χ1n) is 14.3. The van der Waals surface area contributed by atoms with Crippen LogP contribution >= 0.6 is 0 Å². The Morgan fingerprint density at radius 3 is 1.47 bits per heavy atom. The summed E-state index contributed by atoms with van der Waals surface area (Å²) in [6.45, 7) is 11.9. The highest BCUT2D eigenvalue weighted by atomic mass is 16.6. The fourth-order valence-electron chi connectivity index (χ4n) is 3.24. The predicted molar refractivity (Wildman–Crippen MR) is 149 cm³/mol. The van der Waals surface area contributed by atoms with E-state index in [0.717, 1.165) is 38.1 Å². The first-order valence-corrected chi connectivity index (χ1v) is 14.3. The third-order valence-corrected chi connectivity index (χ3v) is 5.44. The minimum Gasteiger partial charge on any atom is -0.460 e. The van der Waals surface area contributed by atoms with Crippen molar-refractivity contribution in [1.82, 2.24) is 0 Å². The van der Waals surface area contributed by atoms with E-state index in [0.29, 0.717) is 78.2 Å². The summed E-state index contributed by atoms with van der Waals surface area (Å²) in [5.74, 6) is -0.350. The molecule has 1 N–H and O–H groups in total. The molecular weight excluding hydrogens is 490 g/mol. The van der Waals surface area contributed by atoms with Gasteiger partial charge < -0.3 is 38.5 Å². The summed E-state index contributed by atoms with van der Waals surface area (Å²) in [6.07, 6.45) is 7.15. The molecule has 9 heteroatoms. The van der Waals surface area contributed by atoms with Crippen LogP contribution in [-0.4, -0.2) is 98.4 Å². The molecule has 1 aromatic carbocycles. The van der Waals surface area contributed by atoms with Crippen LogP contribution in [0.3, 0.4) is 0 Å². The van der Waals surface area contributed by atoms with Crippen molar-refractivity contribution in [2.75, 3.05) is 97.8 Å². The molecule has 0 atom stereocenters. The first kappa shape index (κ1) is 34.3. The molecule has 0 heterocycles. The maximum absolute atomic E-state index is 12.1. The highest BCUT2D eigenvalue weighted by Gasteiger charge is 2.06. The molecule has 38 heavy (non-hydrogen) atoms. The molecule has 0 spiro atoms. The van der Waals surface area contributed by atoms with E-state index in [1.165, 1.54) is 19.3 Å². The number of esters is 1. The lowest BCUT2D eigenvalue weighted by molar-refractivity contribution is -0.0194. The van der Waals surface area contributed by atoms with Gasteiger partial charge in [-0.1, -0.05) is 39.5 Å². The van der Waals surface area contributed by atoms with Crippen molar-refractivity contribution in [2.45, 2.75) is 52.4 Å². The zero-order valence-corrected chi connectivity index (χ0v) is 23.7. The van der Waals surface area contributed by atoms with Crippen molar-refractivity contribution in [1.29, 1.82) is 0 Å². The molecule has 0 aliphatic heterocycles. The van der Waals surface area contributed by atoms with Crippen LogP contribution in [0.2, 0.25) is 0 Å². The lowest BCUT2D eigenvalue weighted by Crippen LogP contribution is -2.15. The van der Waals surface area contributed by atoms with Crippen LogP contribution in [0.25, 0.3) is 0 Å². The number of unbranched alkanes of at least 4 members (excludes halogenated alkanes) is 4. The maximum Gasteiger partial charge on any atom is 0.338 e. The number of carbonyl (C=O) groups is 1. The molecule has 0 saturated carbocycles. The summed E-state index contributed by atoms with van der Waals surface area (Å²) >= 11 is 0. The van der Waals surface area contributed by atoms with Crippen LogP contribution in [-0.2, 0) is 33.2 Å². The molecule has 0 amide bonds. The molecule has 0 fully saturated rings. The quantitative estimate of drug-likeness (QED) is 0.119. The molecule has 220 valence electrons. The van der Waals surface area contributed by atoms with Crippen LogP contribution in [0.4, 0.5) is 5.69 Å². The fraction of sp³-hybridized carbons (Fsp3) is 0.759. The van der Waals surface area contributed by atoms with E-state index in [1.807, 2.05) is 12.1 Å². The van der Waals surface area contributed by atoms with Gasteiger partial charge in [-0.3, -0.25) is 0 Å². The first-order chi connectivity index (χ1) is 18.8. The van der Waals surface area contributed by atoms with Crippen molar-refractivity contribution in [2.24, 2.45) is 0 Å². The van der Waals surface area contributed by atoms with Gasteiger partial charge in [0.2, 0.25) is 0 Å². The molecule has 1 rings (SSSR count). The van der Waals surface area contributed by atoms with Crippen molar-refractivity contribution in [3.05, 3.63) is 29.8 Å². The van der Waals surface area contributed by atoms with E-state index in [-0.39, 0.29) is 12.6 Å². The zero-order chi connectivity index (χ0) is 27.4. The second kappa shape index (κ2) is 26.8. The van der Waals surface area contributed by atoms with Crippen molar-refractivity contribution < 1.29 is 38.0 Å². The molecule has 9 nitrogen and oxygen atoms in total. The number of ether oxygens (including phenoxy) is 7. The van der Waals surface area contributed by atoms with Gasteiger partial charge in [0.15, 0.2) is 0 Å². The van der Waals surface area contributed by atoms with Gasteiger partial charge in [0, 0.05) is 18.8 Å². The normalized spacial score (nSPS) is 11.1. The van der Waals surface area contributed by atoms with Crippen LogP contribution in [0.15, 0.2) is 24.3 Å². The van der Waals surface area contributed by atoms with Crippen LogP contribution < -0.4 is 5.32 Å². The topological polar surface area (TPSA) is 93.7 Å². The summed E-state index contributed by atoms with van der Waals surface area (Å²) in [6, 6.07) is 7.31. The summed E-state index contributed by atoms with van der Waals surface area (Å²) in [4.78, 5) is 12.1. The van der Waals surface area contributed by atoms with E-state index < -0.39 is 0 Å². The summed E-state index contributed by atoms with van der Waals surface area (Å²) in [7, 11) is 0. The number of hydrogen-bond donors (Lipinski definition) is 1. The molecule has 1 aromatic rings. The Morgan fingerprint density at radius 2 is 1.00 bits per heavy atom. The van der Waals surface area contributed by atoms with Gasteiger partial charge in [0.25, 0.3) is 0 Å². The number of benzene rings is 1. The Hall–Kier alpha value is -1.75. The number of rotatable bonds is 28. The molecule has 0 bridgehead atoms. The van der Waals surface area contributed by atoms with E-state index in [2.05, 4.69) is 19.2 Å². The second-order valence-electron chi connectivity index (χ2n) is 8.73. The Labute approximate surface area is 229 Å². The lowest BCUT2D eigenvalue weighted by atomic mass is 10.2. The van der Waals surface area contributed by atoms with Crippen LogP contribution in [0.1, 0.15) is 62.7 Å². The average Bonchev–Trinajstić information content (AvgIpc) is 2.94. The molecule has 0 unspecified atom stereocenters. The number of anilines is 1. The van der Waals surface area contributed by atoms with Crippen LogP contribution in [0.5, 0.6) is 0 Å². The lowest BCUT2D eigenvalue weighted by Gasteiger charge is -2.09. The van der Waals surface area contributed by atoms with Crippen molar-refractivity contribution in [3.63, 3.8) is 0 Å². The Kier molecular flexibility index (Phi) is 24.2. The third-order valence-electron chi connectivity index (χ3n) is 5.44. The standard InChI is InChI=1S/C29H51NO8/c1-3-5-7-8-14-32-15-16-33-17-18-34-19-20-35-21-22-36-23-24-37-25-26-38-29(31)27-9-11-28(12-10-27)30-13-6-4-2/h9-12,30H,3-8,13-26H2,1-2H3. The largest absolute Gasteiger partial charge is 0.460 e. The van der Waals surface area contributed by atoms with Crippen LogP contribution in [0, 0.1) is 0 Å². The minimum absolute atomic E-state index is 0.205. The number of carbonyl (C=O) groups excluding carboxylic acids is 1. The second-order valence-corrected chi connectivity index (χ2v) is 8.73. The smallest absolute Gasteiger partial charge is 0.338 e. The minimum atomic E-state index is -0.350. The highest BCUT2D eigenvalue weighted by Crippen LogP contribution is 2.10. The van der Waals surface area contributed by atoms with Gasteiger partial charge in [-0.25, -0.2) is 4.79 Å². The van der Waals surface area contributed by atoms with Gasteiger partial charge in [-0.05, 0) is 37.1 Å². The van der Waals surface area contributed by atoms with Gasteiger partial charge in [0.1, 0.15) is 6.61 Å². The van der Waals surface area contributed by atoms with Gasteiger partial charge in [-0.15, -0.1) is 0 Å². The molecule has 0 aliphatic carbocycles. The van der Waals surface area contributed by atoms with Crippen molar-refractivity contribution in [3.8, 4) is 0 Å². The zero-order valence-electron chi connectivity index (χ0n) is 23.7. The third kappa shape index (κ3) is 21.2. The molecule has 0 saturated heterocycles. The van der Waals surface area contributed by atoms with E-state index in [4.69, 9.17) is 33.2 Å². The van der Waals surface area contributed by atoms with Gasteiger partial charge in [-0.2, -0.15) is 0 Å². The summed E-state index contributed by atoms with van der Waals surface area (Å²) < 4.78 is 38.1. The average molecular weight is 542 g/mol. The summed E-state index contributed by atoms with van der Waals surface area (Å²) in [5.41, 5.74) is 1.53. The number of nitrogens with one attached hydrogen (secondary N) is 1. The Bertz CT molecular complexity index is 644. The fourth-order valence-corrected chi connectivity index (χ4v) is 3.24. The number of hydrogen-bond acceptors (Lipinski definition) is 9. The van der Waals surface area contributed by atoms with Gasteiger partial charge >= 0.3 is 5.97 Å².